The number of nitrogens with one attached hydrogen (secondary N) is 2. The van der Waals surface area contributed by atoms with Crippen LogP contribution < -0.4 is 15.5 Å². The Morgan fingerprint density at radius 1 is 0.860 bits per heavy atom. The fourth-order valence-electron chi connectivity index (χ4n) is 5.25. The summed E-state index contributed by atoms with van der Waals surface area (Å²) in [5.41, 5.74) is 6.37. The van der Waals surface area contributed by atoms with Gasteiger partial charge in [-0.3, -0.25) is 9.59 Å². The minimum Gasteiger partial charge on any atom is -0.360 e. The van der Waals surface area contributed by atoms with Gasteiger partial charge in [0.1, 0.15) is 0 Å². The molecule has 0 aliphatic carbocycles. The van der Waals surface area contributed by atoms with Crippen LogP contribution >= 0.6 is 11.3 Å². The van der Waals surface area contributed by atoms with E-state index in [9.17, 15) is 9.59 Å². The van der Waals surface area contributed by atoms with Crippen molar-refractivity contribution in [3.8, 4) is 22.4 Å². The largest absolute Gasteiger partial charge is 0.360 e. The summed E-state index contributed by atoms with van der Waals surface area (Å²) in [6, 6.07) is 32.5. The first-order valence-electron chi connectivity index (χ1n) is 14.3. The predicted molar refractivity (Wildman–Crippen MR) is 176 cm³/mol. The highest BCUT2D eigenvalue weighted by atomic mass is 32.1. The van der Waals surface area contributed by atoms with Crippen LogP contribution in [0.5, 0.6) is 0 Å². The molecule has 1 aliphatic heterocycles. The number of hydrogen-bond acceptors (Lipinski definition) is 6. The average molecular weight is 588 g/mol. The number of anilines is 3. The minimum atomic E-state index is -0.200. The molecule has 2 amide bonds. The van der Waals surface area contributed by atoms with Crippen molar-refractivity contribution in [2.45, 2.75) is 6.42 Å². The van der Waals surface area contributed by atoms with Crippen LogP contribution in [0.2, 0.25) is 0 Å². The van der Waals surface area contributed by atoms with Gasteiger partial charge in [0.15, 0.2) is 5.13 Å². The molecule has 0 saturated carbocycles. The maximum absolute atomic E-state index is 13.8. The van der Waals surface area contributed by atoms with E-state index in [1.165, 1.54) is 4.88 Å². The molecule has 0 radical (unpaired) electrons. The number of para-hydroxylation sites is 1. The molecule has 6 rings (SSSR count). The summed E-state index contributed by atoms with van der Waals surface area (Å²) in [5.74, 6) is -0.284. The highest BCUT2D eigenvalue weighted by Crippen LogP contribution is 2.40. The van der Waals surface area contributed by atoms with Crippen LogP contribution in [-0.2, 0) is 6.42 Å². The second-order valence-electron chi connectivity index (χ2n) is 10.7. The van der Waals surface area contributed by atoms with Crippen LogP contribution in [0.4, 0.5) is 16.5 Å². The van der Waals surface area contributed by atoms with E-state index in [0.29, 0.717) is 23.4 Å². The van der Waals surface area contributed by atoms with E-state index in [1.54, 1.807) is 35.6 Å². The smallest absolute Gasteiger partial charge is 0.258 e. The summed E-state index contributed by atoms with van der Waals surface area (Å²) in [6.07, 6.45) is 0.720. The summed E-state index contributed by atoms with van der Waals surface area (Å²) < 4.78 is 0. The van der Waals surface area contributed by atoms with Crippen molar-refractivity contribution >= 4 is 39.7 Å². The number of hydrogen-bond donors (Lipinski definition) is 2. The van der Waals surface area contributed by atoms with Gasteiger partial charge in [0.25, 0.3) is 11.8 Å². The molecule has 2 N–H and O–H groups in total. The SMILES string of the molecule is CN(C)CCNc1nc2c(s1)CCN(C(=O)c1ccc(NC(=O)c3ccccc3-c3ccccc3)cc1)c1ccccc1-2. The summed E-state index contributed by atoms with van der Waals surface area (Å²) in [6.45, 7) is 2.30. The molecule has 0 bridgehead atoms. The number of carbonyl (C=O) groups excluding carboxylic acids is 2. The van der Waals surface area contributed by atoms with Gasteiger partial charge in [-0.05, 0) is 61.6 Å². The van der Waals surface area contributed by atoms with E-state index in [2.05, 4.69) is 29.6 Å². The Labute approximate surface area is 255 Å². The fourth-order valence-corrected chi connectivity index (χ4v) is 6.24. The third-order valence-corrected chi connectivity index (χ3v) is 8.51. The number of rotatable bonds is 8. The van der Waals surface area contributed by atoms with Gasteiger partial charge in [-0.1, -0.05) is 66.7 Å². The number of amides is 2. The van der Waals surface area contributed by atoms with Crippen molar-refractivity contribution in [3.05, 3.63) is 119 Å². The van der Waals surface area contributed by atoms with Crippen LogP contribution in [0.15, 0.2) is 103 Å². The van der Waals surface area contributed by atoms with E-state index in [4.69, 9.17) is 4.98 Å². The van der Waals surface area contributed by atoms with E-state index in [1.807, 2.05) is 83.8 Å². The van der Waals surface area contributed by atoms with E-state index in [0.717, 1.165) is 52.7 Å². The lowest BCUT2D eigenvalue weighted by atomic mass is 9.99. The Balaban J connectivity index is 1.19. The van der Waals surface area contributed by atoms with Crippen molar-refractivity contribution in [2.24, 2.45) is 0 Å². The maximum Gasteiger partial charge on any atom is 0.258 e. The Morgan fingerprint density at radius 3 is 2.33 bits per heavy atom. The Kier molecular flexibility index (Phi) is 8.31. The first kappa shape index (κ1) is 28.3. The zero-order chi connectivity index (χ0) is 29.8. The summed E-state index contributed by atoms with van der Waals surface area (Å²) >= 11 is 1.66. The first-order chi connectivity index (χ1) is 21.0. The summed E-state index contributed by atoms with van der Waals surface area (Å²) in [4.78, 5) is 37.1. The number of benzene rings is 4. The fraction of sp³-hybridized carbons (Fsp3) is 0.171. The van der Waals surface area contributed by atoms with Gasteiger partial charge in [-0.25, -0.2) is 4.98 Å². The number of thiazole rings is 1. The van der Waals surface area contributed by atoms with Crippen molar-refractivity contribution in [1.29, 1.82) is 0 Å². The van der Waals surface area contributed by atoms with Crippen LogP contribution in [0, 0.1) is 0 Å². The van der Waals surface area contributed by atoms with Gasteiger partial charge >= 0.3 is 0 Å². The van der Waals surface area contributed by atoms with Crippen LogP contribution in [0.25, 0.3) is 22.4 Å². The molecule has 43 heavy (non-hydrogen) atoms. The molecule has 4 aromatic carbocycles. The lowest BCUT2D eigenvalue weighted by molar-refractivity contribution is 0.0986. The monoisotopic (exact) mass is 587 g/mol. The molecule has 0 spiro atoms. The summed E-state index contributed by atoms with van der Waals surface area (Å²) in [7, 11) is 4.10. The lowest BCUT2D eigenvalue weighted by Gasteiger charge is -2.23. The second-order valence-corrected chi connectivity index (χ2v) is 11.8. The van der Waals surface area contributed by atoms with Gasteiger partial charge < -0.3 is 20.4 Å². The molecule has 0 atom stereocenters. The molecule has 8 heteroatoms. The van der Waals surface area contributed by atoms with E-state index < -0.39 is 0 Å². The van der Waals surface area contributed by atoms with E-state index >= 15 is 0 Å². The Morgan fingerprint density at radius 2 is 1.56 bits per heavy atom. The topological polar surface area (TPSA) is 77.6 Å². The van der Waals surface area contributed by atoms with Gasteiger partial charge in [0, 0.05) is 53.3 Å². The van der Waals surface area contributed by atoms with E-state index in [-0.39, 0.29) is 11.8 Å². The maximum atomic E-state index is 13.8. The van der Waals surface area contributed by atoms with Crippen LogP contribution in [0.3, 0.4) is 0 Å². The van der Waals surface area contributed by atoms with Crippen LogP contribution in [-0.4, -0.2) is 55.4 Å². The second kappa shape index (κ2) is 12.6. The molecule has 216 valence electrons. The molecule has 7 nitrogen and oxygen atoms in total. The van der Waals surface area contributed by atoms with Crippen molar-refractivity contribution < 1.29 is 9.59 Å². The molecule has 2 heterocycles. The number of aromatic nitrogens is 1. The van der Waals surface area contributed by atoms with Crippen molar-refractivity contribution in [1.82, 2.24) is 9.88 Å². The Bertz CT molecular complexity index is 1750. The zero-order valence-corrected chi connectivity index (χ0v) is 25.0. The highest BCUT2D eigenvalue weighted by molar-refractivity contribution is 7.16. The molecule has 0 saturated heterocycles. The van der Waals surface area contributed by atoms with Crippen LogP contribution in [0.1, 0.15) is 25.6 Å². The van der Waals surface area contributed by atoms with Gasteiger partial charge in [-0.2, -0.15) is 0 Å². The standard InChI is InChI=1S/C35H33N5O2S/c1-39(2)23-21-36-35-38-32-29-14-8-9-15-30(29)40(22-20-31(32)43-35)34(42)25-16-18-26(19-17-25)37-33(41)28-13-7-6-12-27(28)24-10-4-3-5-11-24/h3-19H,20-23H2,1-2H3,(H,36,38)(H,37,41). The quantitative estimate of drug-likeness (QED) is 0.206. The number of likely N-dealkylation sites (N-methyl/N-ethyl adjacent to an activating group) is 1. The zero-order valence-electron chi connectivity index (χ0n) is 24.2. The Hall–Kier alpha value is -4.79. The normalized spacial score (nSPS) is 12.3. The molecule has 1 aromatic heterocycles. The summed E-state index contributed by atoms with van der Waals surface area (Å²) in [5, 5.41) is 7.34. The molecule has 0 fully saturated rings. The number of carbonyl (C=O) groups is 2. The van der Waals surface area contributed by atoms with Crippen molar-refractivity contribution in [2.75, 3.05) is 49.3 Å². The number of nitrogens with zero attached hydrogens (tertiary/aromatic N) is 3. The van der Waals surface area contributed by atoms with Gasteiger partial charge in [-0.15, -0.1) is 11.3 Å². The van der Waals surface area contributed by atoms with Gasteiger partial charge in [0.05, 0.1) is 11.4 Å². The predicted octanol–water partition coefficient (Wildman–Crippen LogP) is 6.91. The molecule has 0 unspecified atom stereocenters. The van der Waals surface area contributed by atoms with Gasteiger partial charge in [0.2, 0.25) is 0 Å². The molecule has 5 aromatic rings. The third kappa shape index (κ3) is 6.21. The lowest BCUT2D eigenvalue weighted by Crippen LogP contribution is -2.32. The highest BCUT2D eigenvalue weighted by Gasteiger charge is 2.27. The molecule has 1 aliphatic rings. The minimum absolute atomic E-state index is 0.0840. The van der Waals surface area contributed by atoms with Crippen molar-refractivity contribution in [3.63, 3.8) is 0 Å². The molecular formula is C35H33N5O2S. The average Bonchev–Trinajstić information content (AvgIpc) is 3.37. The first-order valence-corrected chi connectivity index (χ1v) is 15.1. The number of fused-ring (bicyclic) bond motifs is 3. The third-order valence-electron chi connectivity index (χ3n) is 7.44. The molecular weight excluding hydrogens is 554 g/mol.